The van der Waals surface area contributed by atoms with Crippen molar-refractivity contribution < 1.29 is 9.57 Å². The zero-order valence-corrected chi connectivity index (χ0v) is 9.19. The highest BCUT2D eigenvalue weighted by atomic mass is 16.6. The zero-order valence-electron chi connectivity index (χ0n) is 9.19. The molecule has 3 heteroatoms. The van der Waals surface area contributed by atoms with Crippen LogP contribution in [0.4, 0.5) is 0 Å². The van der Waals surface area contributed by atoms with Gasteiger partial charge in [0.05, 0.1) is 7.11 Å². The van der Waals surface area contributed by atoms with Crippen LogP contribution in [0.2, 0.25) is 0 Å². The van der Waals surface area contributed by atoms with E-state index in [2.05, 4.69) is 18.3 Å². The SMILES string of the molecule is CCC/[C]=N/OCc1cccc(OC)c1. The Kier molecular flexibility index (Phi) is 5.30. The molecule has 0 aliphatic rings. The number of methoxy groups -OCH3 is 1. The molecule has 0 aliphatic heterocycles. The molecule has 0 bridgehead atoms. The molecule has 1 rings (SSSR count). The molecule has 15 heavy (non-hydrogen) atoms. The first-order chi connectivity index (χ1) is 7.36. The molecule has 0 saturated carbocycles. The molecule has 1 aromatic rings. The van der Waals surface area contributed by atoms with Gasteiger partial charge in [-0.25, -0.2) is 0 Å². The standard InChI is InChI=1S/C12H16NO2/c1-3-4-8-13-15-10-11-6-5-7-12(9-11)14-2/h5-7,9H,3-4,10H2,1-2H3. The molecule has 0 spiro atoms. The van der Waals surface area contributed by atoms with Crippen molar-refractivity contribution in [2.45, 2.75) is 26.4 Å². The fraction of sp³-hybridized carbons (Fsp3) is 0.417. The summed E-state index contributed by atoms with van der Waals surface area (Å²) >= 11 is 0. The van der Waals surface area contributed by atoms with Crippen molar-refractivity contribution in [1.29, 1.82) is 0 Å². The highest BCUT2D eigenvalue weighted by Crippen LogP contribution is 2.13. The van der Waals surface area contributed by atoms with Gasteiger partial charge in [-0.1, -0.05) is 30.6 Å². The third-order valence-electron chi connectivity index (χ3n) is 1.86. The number of rotatable bonds is 6. The second-order valence-corrected chi connectivity index (χ2v) is 3.12. The maximum atomic E-state index is 5.10. The van der Waals surface area contributed by atoms with Crippen LogP contribution in [0.1, 0.15) is 25.3 Å². The summed E-state index contributed by atoms with van der Waals surface area (Å²) in [6.07, 6.45) is 4.67. The van der Waals surface area contributed by atoms with Gasteiger partial charge < -0.3 is 9.57 Å². The molecule has 0 aliphatic carbocycles. The van der Waals surface area contributed by atoms with Gasteiger partial charge in [0.1, 0.15) is 18.6 Å². The normalized spacial score (nSPS) is 10.5. The van der Waals surface area contributed by atoms with Gasteiger partial charge in [-0.3, -0.25) is 0 Å². The van der Waals surface area contributed by atoms with Crippen LogP contribution >= 0.6 is 0 Å². The van der Waals surface area contributed by atoms with E-state index in [0.717, 1.165) is 24.2 Å². The van der Waals surface area contributed by atoms with Crippen molar-refractivity contribution in [3.63, 3.8) is 0 Å². The van der Waals surface area contributed by atoms with Gasteiger partial charge >= 0.3 is 0 Å². The fourth-order valence-corrected chi connectivity index (χ4v) is 1.07. The van der Waals surface area contributed by atoms with Crippen molar-refractivity contribution in [2.75, 3.05) is 7.11 Å². The van der Waals surface area contributed by atoms with Crippen LogP contribution in [0.3, 0.4) is 0 Å². The second-order valence-electron chi connectivity index (χ2n) is 3.12. The van der Waals surface area contributed by atoms with Crippen LogP contribution in [0.15, 0.2) is 29.4 Å². The first-order valence-electron chi connectivity index (χ1n) is 5.04. The van der Waals surface area contributed by atoms with E-state index in [9.17, 15) is 0 Å². The quantitative estimate of drug-likeness (QED) is 0.529. The lowest BCUT2D eigenvalue weighted by molar-refractivity contribution is 0.131. The average Bonchev–Trinajstić information content (AvgIpc) is 2.29. The number of nitrogens with zero attached hydrogens (tertiary/aromatic N) is 1. The van der Waals surface area contributed by atoms with Crippen LogP contribution in [-0.2, 0) is 11.4 Å². The van der Waals surface area contributed by atoms with E-state index in [1.807, 2.05) is 24.3 Å². The molecule has 1 aromatic carbocycles. The predicted molar refractivity (Wildman–Crippen MR) is 60.1 cm³/mol. The average molecular weight is 206 g/mol. The van der Waals surface area contributed by atoms with E-state index in [1.165, 1.54) is 0 Å². The molecule has 0 fully saturated rings. The monoisotopic (exact) mass is 206 g/mol. The first kappa shape index (κ1) is 11.6. The number of benzene rings is 1. The lowest BCUT2D eigenvalue weighted by atomic mass is 10.2. The summed E-state index contributed by atoms with van der Waals surface area (Å²) in [4.78, 5) is 5.08. The molecule has 0 atom stereocenters. The van der Waals surface area contributed by atoms with E-state index >= 15 is 0 Å². The van der Waals surface area contributed by atoms with E-state index in [4.69, 9.17) is 9.57 Å². The molecule has 1 radical (unpaired) electrons. The Labute approximate surface area is 90.7 Å². The minimum absolute atomic E-state index is 0.452. The van der Waals surface area contributed by atoms with Crippen molar-refractivity contribution in [3.05, 3.63) is 29.8 Å². The van der Waals surface area contributed by atoms with Crippen LogP contribution in [0, 0.1) is 0 Å². The highest BCUT2D eigenvalue weighted by molar-refractivity contribution is 5.55. The van der Waals surface area contributed by atoms with E-state index in [0.29, 0.717) is 6.61 Å². The summed E-state index contributed by atoms with van der Waals surface area (Å²) < 4.78 is 5.10. The minimum Gasteiger partial charge on any atom is -0.497 e. The van der Waals surface area contributed by atoms with E-state index in [-0.39, 0.29) is 0 Å². The van der Waals surface area contributed by atoms with Gasteiger partial charge in [0.2, 0.25) is 0 Å². The Bertz CT molecular complexity index is 310. The third-order valence-corrected chi connectivity index (χ3v) is 1.86. The molecule has 0 unspecified atom stereocenters. The maximum absolute atomic E-state index is 5.10. The topological polar surface area (TPSA) is 30.8 Å². The van der Waals surface area contributed by atoms with Gasteiger partial charge in [0.15, 0.2) is 0 Å². The number of ether oxygens (including phenoxy) is 1. The molecule has 0 amide bonds. The Balaban J connectivity index is 2.36. The highest BCUT2D eigenvalue weighted by Gasteiger charge is 1.95. The lowest BCUT2D eigenvalue weighted by Gasteiger charge is -2.02. The van der Waals surface area contributed by atoms with E-state index in [1.54, 1.807) is 7.11 Å². The summed E-state index contributed by atoms with van der Waals surface area (Å²) in [5.41, 5.74) is 1.04. The van der Waals surface area contributed by atoms with Crippen molar-refractivity contribution >= 4 is 6.21 Å². The smallest absolute Gasteiger partial charge is 0.142 e. The molecule has 0 heterocycles. The summed E-state index contributed by atoms with van der Waals surface area (Å²) in [5, 5.41) is 3.72. The summed E-state index contributed by atoms with van der Waals surface area (Å²) in [5.74, 6) is 0.831. The molecule has 81 valence electrons. The fourth-order valence-electron chi connectivity index (χ4n) is 1.07. The third kappa shape index (κ3) is 4.49. The van der Waals surface area contributed by atoms with Crippen molar-refractivity contribution in [1.82, 2.24) is 0 Å². The van der Waals surface area contributed by atoms with Crippen LogP contribution in [0.25, 0.3) is 0 Å². The Morgan fingerprint density at radius 2 is 2.27 bits per heavy atom. The largest absolute Gasteiger partial charge is 0.497 e. The Morgan fingerprint density at radius 1 is 1.40 bits per heavy atom. The van der Waals surface area contributed by atoms with Gasteiger partial charge in [0.25, 0.3) is 0 Å². The number of unbranched alkanes of at least 4 members (excludes halogenated alkanes) is 1. The van der Waals surface area contributed by atoms with Crippen LogP contribution < -0.4 is 4.74 Å². The molecular formula is C12H16NO2. The second kappa shape index (κ2) is 6.87. The van der Waals surface area contributed by atoms with Crippen molar-refractivity contribution in [2.24, 2.45) is 5.16 Å². The lowest BCUT2D eigenvalue weighted by Crippen LogP contribution is -1.89. The molecule has 0 aromatic heterocycles. The van der Waals surface area contributed by atoms with Gasteiger partial charge in [-0.15, -0.1) is 0 Å². The molecular weight excluding hydrogens is 190 g/mol. The summed E-state index contributed by atoms with van der Waals surface area (Å²) in [7, 11) is 1.65. The summed E-state index contributed by atoms with van der Waals surface area (Å²) in [6.45, 7) is 2.53. The molecule has 0 saturated heterocycles. The first-order valence-corrected chi connectivity index (χ1v) is 5.04. The molecule has 3 nitrogen and oxygen atoms in total. The number of hydrogen-bond donors (Lipinski definition) is 0. The van der Waals surface area contributed by atoms with Gasteiger partial charge in [-0.2, -0.15) is 0 Å². The van der Waals surface area contributed by atoms with Gasteiger partial charge in [0, 0.05) is 0 Å². The van der Waals surface area contributed by atoms with E-state index < -0.39 is 0 Å². The Hall–Kier alpha value is -1.51. The van der Waals surface area contributed by atoms with Crippen molar-refractivity contribution in [3.8, 4) is 5.75 Å². The zero-order chi connectivity index (χ0) is 10.9. The van der Waals surface area contributed by atoms with Gasteiger partial charge in [-0.05, 0) is 24.1 Å². The minimum atomic E-state index is 0.452. The summed E-state index contributed by atoms with van der Waals surface area (Å²) in [6, 6.07) is 7.72. The van der Waals surface area contributed by atoms with Crippen LogP contribution in [0.5, 0.6) is 5.75 Å². The number of hydrogen-bond acceptors (Lipinski definition) is 3. The van der Waals surface area contributed by atoms with Crippen LogP contribution in [-0.4, -0.2) is 13.3 Å². The molecule has 0 N–H and O–H groups in total. The predicted octanol–water partition coefficient (Wildman–Crippen LogP) is 2.87. The Morgan fingerprint density at radius 3 is 3.00 bits per heavy atom. The maximum Gasteiger partial charge on any atom is 0.142 e.